The van der Waals surface area contributed by atoms with E-state index in [4.69, 9.17) is 14.4 Å². The van der Waals surface area contributed by atoms with Crippen molar-refractivity contribution in [2.75, 3.05) is 13.6 Å². The lowest BCUT2D eigenvalue weighted by molar-refractivity contribution is 0.0751. The maximum atomic E-state index is 12.5. The summed E-state index contributed by atoms with van der Waals surface area (Å²) in [5.74, 6) is 1.62. The second-order valence-electron chi connectivity index (χ2n) is 6.05. The van der Waals surface area contributed by atoms with Crippen LogP contribution in [0, 0.1) is 11.3 Å². The number of nitrogens with one attached hydrogen (secondary N) is 1. The van der Waals surface area contributed by atoms with Crippen LogP contribution in [-0.4, -0.2) is 45.0 Å². The van der Waals surface area contributed by atoms with Crippen molar-refractivity contribution >= 4 is 5.91 Å². The van der Waals surface area contributed by atoms with Crippen molar-refractivity contribution in [1.29, 1.82) is 5.26 Å². The Morgan fingerprint density at radius 2 is 2.11 bits per heavy atom. The fourth-order valence-electron chi connectivity index (χ4n) is 2.49. The van der Waals surface area contributed by atoms with Crippen LogP contribution in [0.3, 0.4) is 0 Å². The fraction of sp³-hybridized carbons (Fsp3) is 0.278. The van der Waals surface area contributed by atoms with E-state index in [1.54, 1.807) is 48.3 Å². The van der Waals surface area contributed by atoms with Crippen molar-refractivity contribution in [1.82, 2.24) is 25.5 Å². The molecule has 0 aliphatic carbocycles. The van der Waals surface area contributed by atoms with Crippen molar-refractivity contribution in [3.63, 3.8) is 0 Å². The van der Waals surface area contributed by atoms with Crippen molar-refractivity contribution in [2.45, 2.75) is 19.4 Å². The Balaban J connectivity index is 1.55. The number of rotatable bonds is 7. The monoisotopic (exact) mass is 366 g/mol. The van der Waals surface area contributed by atoms with Gasteiger partial charge in [-0.05, 0) is 36.4 Å². The summed E-state index contributed by atoms with van der Waals surface area (Å²) < 4.78 is 11.2. The Bertz CT molecular complexity index is 927. The summed E-state index contributed by atoms with van der Waals surface area (Å²) in [5.41, 5.74) is 0.561. The Kier molecular flexibility index (Phi) is 5.47. The highest BCUT2D eigenvalue weighted by molar-refractivity contribution is 5.91. The summed E-state index contributed by atoms with van der Waals surface area (Å²) in [6.45, 7) is 2.52. The van der Waals surface area contributed by atoms with Crippen LogP contribution in [0.2, 0.25) is 0 Å². The average Bonchev–Trinajstić information content (AvgIpc) is 3.38. The second kappa shape index (κ2) is 8.14. The molecule has 9 heteroatoms. The van der Waals surface area contributed by atoms with Crippen LogP contribution in [0.15, 0.2) is 40.8 Å². The van der Waals surface area contributed by atoms with Gasteiger partial charge < -0.3 is 14.1 Å². The number of ether oxygens (including phenoxy) is 1. The fourth-order valence-corrected chi connectivity index (χ4v) is 2.49. The molecule has 0 fully saturated rings. The van der Waals surface area contributed by atoms with E-state index in [1.165, 1.54) is 0 Å². The van der Waals surface area contributed by atoms with Crippen molar-refractivity contribution in [3.8, 4) is 11.8 Å². The molecule has 138 valence electrons. The first kappa shape index (κ1) is 18.1. The minimum atomic E-state index is -0.241. The lowest BCUT2D eigenvalue weighted by Crippen LogP contribution is -2.30. The van der Waals surface area contributed by atoms with Crippen molar-refractivity contribution in [2.24, 2.45) is 0 Å². The molecular formula is C18H18N6O3. The third-order valence-corrected chi connectivity index (χ3v) is 3.93. The van der Waals surface area contributed by atoms with Gasteiger partial charge in [0.2, 0.25) is 0 Å². The van der Waals surface area contributed by atoms with Crippen LogP contribution >= 0.6 is 0 Å². The van der Waals surface area contributed by atoms with Crippen LogP contribution in [0.4, 0.5) is 0 Å². The Labute approximate surface area is 155 Å². The van der Waals surface area contributed by atoms with Crippen molar-refractivity contribution in [3.05, 3.63) is 59.3 Å². The minimum Gasteiger partial charge on any atom is -0.486 e. The number of hydrogen-bond donors (Lipinski definition) is 1. The molecule has 0 radical (unpaired) electrons. The summed E-state index contributed by atoms with van der Waals surface area (Å²) in [7, 11) is 1.69. The molecule has 3 rings (SSSR count). The van der Waals surface area contributed by atoms with Gasteiger partial charge in [0.25, 0.3) is 5.91 Å². The highest BCUT2D eigenvalue weighted by atomic mass is 16.5. The minimum absolute atomic E-state index is 0.0631. The standard InChI is InChI=1S/C18H18N6O3/c1-12(17-20-22-23-21-17)10-24(2)18(25)16-8-7-15(27-16)11-26-14-5-3-13(9-19)4-6-14/h3-8,12H,10-11H2,1-2H3,(H,20,21,22,23). The van der Waals surface area contributed by atoms with Crippen molar-refractivity contribution < 1.29 is 13.9 Å². The van der Waals surface area contributed by atoms with Crippen LogP contribution < -0.4 is 4.74 Å². The Morgan fingerprint density at radius 1 is 1.33 bits per heavy atom. The van der Waals surface area contributed by atoms with Gasteiger partial charge in [0.15, 0.2) is 11.6 Å². The number of hydrogen-bond acceptors (Lipinski definition) is 7. The van der Waals surface area contributed by atoms with E-state index in [-0.39, 0.29) is 24.2 Å². The first-order valence-corrected chi connectivity index (χ1v) is 8.27. The molecule has 2 aromatic heterocycles. The molecule has 0 aliphatic rings. The summed E-state index contributed by atoms with van der Waals surface area (Å²) in [5, 5.41) is 22.6. The molecule has 0 spiro atoms. The zero-order valence-corrected chi connectivity index (χ0v) is 14.9. The highest BCUT2D eigenvalue weighted by Crippen LogP contribution is 2.17. The normalized spacial score (nSPS) is 11.6. The first-order valence-electron chi connectivity index (χ1n) is 8.27. The molecule has 3 aromatic rings. The molecule has 0 aliphatic heterocycles. The number of amides is 1. The van der Waals surface area contributed by atoms with Crippen LogP contribution in [0.5, 0.6) is 5.75 Å². The van der Waals surface area contributed by atoms with Gasteiger partial charge in [-0.1, -0.05) is 12.1 Å². The number of nitrogens with zero attached hydrogens (tertiary/aromatic N) is 5. The Hall–Kier alpha value is -3.67. The average molecular weight is 366 g/mol. The van der Waals surface area contributed by atoms with E-state index >= 15 is 0 Å². The largest absolute Gasteiger partial charge is 0.486 e. The number of nitriles is 1. The van der Waals surface area contributed by atoms with E-state index in [1.807, 2.05) is 13.0 Å². The highest BCUT2D eigenvalue weighted by Gasteiger charge is 2.20. The molecule has 9 nitrogen and oxygen atoms in total. The number of carbonyl (C=O) groups excluding carboxylic acids is 1. The predicted molar refractivity (Wildman–Crippen MR) is 93.8 cm³/mol. The third kappa shape index (κ3) is 4.49. The molecule has 0 bridgehead atoms. The van der Waals surface area contributed by atoms with E-state index in [9.17, 15) is 4.79 Å². The predicted octanol–water partition coefficient (Wildman–Crippen LogP) is 2.12. The van der Waals surface area contributed by atoms with Gasteiger partial charge in [-0.15, -0.1) is 10.2 Å². The summed E-state index contributed by atoms with van der Waals surface area (Å²) in [4.78, 5) is 14.1. The van der Waals surface area contributed by atoms with Gasteiger partial charge in [-0.25, -0.2) is 0 Å². The summed E-state index contributed by atoms with van der Waals surface area (Å²) in [6, 6.07) is 12.1. The molecule has 2 heterocycles. The number of aromatic nitrogens is 4. The number of benzene rings is 1. The molecule has 0 saturated carbocycles. The lowest BCUT2D eigenvalue weighted by atomic mass is 10.1. The summed E-state index contributed by atoms with van der Waals surface area (Å²) in [6.07, 6.45) is 0. The van der Waals surface area contributed by atoms with Gasteiger partial charge in [0, 0.05) is 19.5 Å². The number of H-pyrrole nitrogens is 1. The van der Waals surface area contributed by atoms with Crippen LogP contribution in [0.25, 0.3) is 0 Å². The molecule has 1 aromatic carbocycles. The lowest BCUT2D eigenvalue weighted by Gasteiger charge is -2.18. The number of likely N-dealkylation sites (N-methyl/N-ethyl adjacent to an activating group) is 1. The molecule has 1 unspecified atom stereocenters. The number of carbonyl (C=O) groups is 1. The van der Waals surface area contributed by atoms with Gasteiger partial charge in [0.1, 0.15) is 18.1 Å². The molecule has 1 N–H and O–H groups in total. The summed E-state index contributed by atoms with van der Waals surface area (Å²) >= 11 is 0. The molecule has 0 saturated heterocycles. The number of tetrazole rings is 1. The Morgan fingerprint density at radius 3 is 2.78 bits per heavy atom. The van der Waals surface area contributed by atoms with Gasteiger partial charge in [-0.3, -0.25) is 4.79 Å². The van der Waals surface area contributed by atoms with E-state index in [0.717, 1.165) is 0 Å². The van der Waals surface area contributed by atoms with E-state index in [2.05, 4.69) is 20.6 Å². The first-order chi connectivity index (χ1) is 13.1. The molecular weight excluding hydrogens is 348 g/mol. The quantitative estimate of drug-likeness (QED) is 0.680. The van der Waals surface area contributed by atoms with E-state index < -0.39 is 0 Å². The van der Waals surface area contributed by atoms with Gasteiger partial charge in [-0.2, -0.15) is 10.5 Å². The number of aromatic amines is 1. The maximum Gasteiger partial charge on any atom is 0.289 e. The second-order valence-corrected chi connectivity index (χ2v) is 6.05. The number of furan rings is 1. The topological polar surface area (TPSA) is 121 Å². The molecule has 27 heavy (non-hydrogen) atoms. The zero-order valence-electron chi connectivity index (χ0n) is 14.9. The van der Waals surface area contributed by atoms with Crippen LogP contribution in [0.1, 0.15) is 40.5 Å². The smallest absolute Gasteiger partial charge is 0.289 e. The van der Waals surface area contributed by atoms with Crippen LogP contribution in [-0.2, 0) is 6.61 Å². The zero-order chi connectivity index (χ0) is 19.2. The van der Waals surface area contributed by atoms with Gasteiger partial charge in [0.05, 0.1) is 11.6 Å². The van der Waals surface area contributed by atoms with E-state index in [0.29, 0.717) is 29.4 Å². The SMILES string of the molecule is CC(CN(C)C(=O)c1ccc(COc2ccc(C#N)cc2)o1)c1nn[nH]n1. The maximum absolute atomic E-state index is 12.5. The molecule has 1 atom stereocenters. The molecule has 1 amide bonds. The van der Waals surface area contributed by atoms with Gasteiger partial charge >= 0.3 is 0 Å². The third-order valence-electron chi connectivity index (χ3n) is 3.93.